The number of aromatic nitrogens is 3. The fraction of sp³-hybridized carbons (Fsp3) is 0.273. The maximum absolute atomic E-state index is 13.8. The van der Waals surface area contributed by atoms with Gasteiger partial charge >= 0.3 is 5.69 Å². The molecule has 0 aliphatic carbocycles. The van der Waals surface area contributed by atoms with Crippen molar-refractivity contribution < 1.29 is 9.18 Å². The van der Waals surface area contributed by atoms with Gasteiger partial charge in [0.05, 0.1) is 12.2 Å². The van der Waals surface area contributed by atoms with Gasteiger partial charge in [-0.3, -0.25) is 14.2 Å². The smallest absolute Gasteiger partial charge is 0.338 e. The van der Waals surface area contributed by atoms with Crippen LogP contribution < -0.4 is 11.2 Å². The first kappa shape index (κ1) is 21.2. The summed E-state index contributed by atoms with van der Waals surface area (Å²) in [6.07, 6.45) is 0. The number of benzene rings is 2. The van der Waals surface area contributed by atoms with Crippen molar-refractivity contribution >= 4 is 5.91 Å². The molecule has 8 heteroatoms. The molecule has 0 atom stereocenters. The van der Waals surface area contributed by atoms with E-state index in [-0.39, 0.29) is 17.9 Å². The van der Waals surface area contributed by atoms with Crippen LogP contribution in [0.5, 0.6) is 0 Å². The van der Waals surface area contributed by atoms with Gasteiger partial charge in [0.15, 0.2) is 0 Å². The Kier molecular flexibility index (Phi) is 6.25. The highest BCUT2D eigenvalue weighted by molar-refractivity contribution is 5.91. The molecule has 0 unspecified atom stereocenters. The maximum Gasteiger partial charge on any atom is 0.352 e. The van der Waals surface area contributed by atoms with E-state index in [0.29, 0.717) is 13.1 Å². The van der Waals surface area contributed by atoms with Gasteiger partial charge in [-0.15, -0.1) is 0 Å². The number of nitrogens with zero attached hydrogens (tertiary/aromatic N) is 4. The Balaban J connectivity index is 2.25. The number of carbonyl (C=O) groups is 1. The summed E-state index contributed by atoms with van der Waals surface area (Å²) >= 11 is 0. The minimum absolute atomic E-state index is 0.0320. The highest BCUT2D eigenvalue weighted by atomic mass is 19.1. The number of hydrogen-bond donors (Lipinski definition) is 0. The number of carbonyl (C=O) groups excluding carboxylic acids is 1. The van der Waals surface area contributed by atoms with E-state index in [2.05, 4.69) is 5.10 Å². The predicted octanol–water partition coefficient (Wildman–Crippen LogP) is 2.37. The van der Waals surface area contributed by atoms with Crippen LogP contribution in [0.15, 0.2) is 58.1 Å². The lowest BCUT2D eigenvalue weighted by molar-refractivity contribution is 0.0761. The number of rotatable bonds is 6. The predicted molar refractivity (Wildman–Crippen MR) is 112 cm³/mol. The van der Waals surface area contributed by atoms with Crippen LogP contribution in [0.4, 0.5) is 4.39 Å². The van der Waals surface area contributed by atoms with E-state index in [4.69, 9.17) is 0 Å². The number of hydrogen-bond acceptors (Lipinski definition) is 4. The standard InChI is InChI=1S/C22H23FN4O3/c1-4-25(5-2)20(28)19-21(29)26(14-16-9-6-8-15(3)12-16)22(30)27(24-19)18-11-7-10-17(23)13-18/h6-13H,4-5,14H2,1-3H3. The SMILES string of the molecule is CCN(CC)C(=O)c1nn(-c2cccc(F)c2)c(=O)n(Cc2cccc(C)c2)c1=O. The maximum atomic E-state index is 13.8. The van der Waals surface area contributed by atoms with Crippen LogP contribution in [0.25, 0.3) is 5.69 Å². The van der Waals surface area contributed by atoms with Crippen molar-refractivity contribution in [2.75, 3.05) is 13.1 Å². The quantitative estimate of drug-likeness (QED) is 0.625. The highest BCUT2D eigenvalue weighted by Gasteiger charge is 2.23. The molecule has 0 saturated carbocycles. The fourth-order valence-corrected chi connectivity index (χ4v) is 3.22. The van der Waals surface area contributed by atoms with Crippen LogP contribution in [0.1, 0.15) is 35.5 Å². The van der Waals surface area contributed by atoms with Gasteiger partial charge in [0.2, 0.25) is 5.69 Å². The molecule has 0 aliphatic rings. The molecule has 7 nitrogen and oxygen atoms in total. The summed E-state index contributed by atoms with van der Waals surface area (Å²) in [5.74, 6) is -1.14. The third kappa shape index (κ3) is 4.22. The summed E-state index contributed by atoms with van der Waals surface area (Å²) in [6, 6.07) is 12.7. The minimum atomic E-state index is -0.772. The third-order valence-electron chi connectivity index (χ3n) is 4.79. The van der Waals surface area contributed by atoms with E-state index in [0.717, 1.165) is 26.4 Å². The Morgan fingerprint density at radius 3 is 2.40 bits per heavy atom. The van der Waals surface area contributed by atoms with Crippen LogP contribution in [0.2, 0.25) is 0 Å². The molecular weight excluding hydrogens is 387 g/mol. The zero-order chi connectivity index (χ0) is 21.8. The number of aryl methyl sites for hydroxylation is 1. The molecule has 0 aliphatic heterocycles. The Morgan fingerprint density at radius 2 is 1.77 bits per heavy atom. The van der Waals surface area contributed by atoms with Gasteiger partial charge in [0.1, 0.15) is 5.82 Å². The largest absolute Gasteiger partial charge is 0.352 e. The van der Waals surface area contributed by atoms with Crippen molar-refractivity contribution in [1.29, 1.82) is 0 Å². The molecule has 1 heterocycles. The van der Waals surface area contributed by atoms with Crippen LogP contribution in [0.3, 0.4) is 0 Å². The van der Waals surface area contributed by atoms with E-state index in [1.807, 2.05) is 25.1 Å². The van der Waals surface area contributed by atoms with Crippen LogP contribution in [-0.2, 0) is 6.54 Å². The first-order chi connectivity index (χ1) is 14.3. The Labute approximate surface area is 173 Å². The summed E-state index contributed by atoms with van der Waals surface area (Å²) in [5.41, 5.74) is -0.0667. The summed E-state index contributed by atoms with van der Waals surface area (Å²) < 4.78 is 15.6. The molecule has 0 saturated heterocycles. The monoisotopic (exact) mass is 410 g/mol. The van der Waals surface area contributed by atoms with Gasteiger partial charge < -0.3 is 4.90 Å². The lowest BCUT2D eigenvalue weighted by atomic mass is 10.1. The summed E-state index contributed by atoms with van der Waals surface area (Å²) in [4.78, 5) is 40.5. The fourth-order valence-electron chi connectivity index (χ4n) is 3.22. The van der Waals surface area contributed by atoms with Crippen molar-refractivity contribution in [3.8, 4) is 5.69 Å². The van der Waals surface area contributed by atoms with Gasteiger partial charge in [0.25, 0.3) is 11.5 Å². The van der Waals surface area contributed by atoms with E-state index in [9.17, 15) is 18.8 Å². The number of halogens is 1. The average Bonchev–Trinajstić information content (AvgIpc) is 2.72. The second-order valence-corrected chi connectivity index (χ2v) is 6.88. The molecule has 0 radical (unpaired) electrons. The summed E-state index contributed by atoms with van der Waals surface area (Å²) in [6.45, 7) is 6.21. The minimum Gasteiger partial charge on any atom is -0.338 e. The second kappa shape index (κ2) is 8.86. The van der Waals surface area contributed by atoms with Gasteiger partial charge in [-0.1, -0.05) is 35.9 Å². The molecule has 0 fully saturated rings. The molecule has 1 amide bonds. The zero-order valence-electron chi connectivity index (χ0n) is 17.1. The van der Waals surface area contributed by atoms with Gasteiger partial charge in [-0.2, -0.15) is 9.78 Å². The van der Waals surface area contributed by atoms with Crippen molar-refractivity contribution in [3.05, 3.63) is 92.0 Å². The van der Waals surface area contributed by atoms with Crippen LogP contribution in [-0.4, -0.2) is 38.2 Å². The summed E-state index contributed by atoms with van der Waals surface area (Å²) in [7, 11) is 0. The molecule has 3 aromatic rings. The van der Waals surface area contributed by atoms with Crippen molar-refractivity contribution in [3.63, 3.8) is 0 Å². The topological polar surface area (TPSA) is 77.2 Å². The Bertz CT molecular complexity index is 1200. The molecule has 156 valence electrons. The lowest BCUT2D eigenvalue weighted by Crippen LogP contribution is -2.46. The molecular formula is C22H23FN4O3. The second-order valence-electron chi connectivity index (χ2n) is 6.88. The van der Waals surface area contributed by atoms with Crippen molar-refractivity contribution in [2.24, 2.45) is 0 Å². The molecule has 3 rings (SSSR count). The van der Waals surface area contributed by atoms with Gasteiger partial charge in [-0.25, -0.2) is 9.18 Å². The van der Waals surface area contributed by atoms with Gasteiger partial charge in [0, 0.05) is 13.1 Å². The highest BCUT2D eigenvalue weighted by Crippen LogP contribution is 2.08. The normalized spacial score (nSPS) is 10.8. The molecule has 30 heavy (non-hydrogen) atoms. The van der Waals surface area contributed by atoms with Crippen molar-refractivity contribution in [1.82, 2.24) is 19.2 Å². The lowest BCUT2D eigenvalue weighted by Gasteiger charge is -2.19. The van der Waals surface area contributed by atoms with E-state index >= 15 is 0 Å². The van der Waals surface area contributed by atoms with E-state index in [1.54, 1.807) is 19.9 Å². The van der Waals surface area contributed by atoms with Crippen LogP contribution in [0, 0.1) is 12.7 Å². The summed E-state index contributed by atoms with van der Waals surface area (Å²) in [5, 5.41) is 4.03. The number of amides is 1. The molecule has 0 N–H and O–H groups in total. The first-order valence-electron chi connectivity index (χ1n) is 9.70. The molecule has 0 spiro atoms. The zero-order valence-corrected chi connectivity index (χ0v) is 17.1. The first-order valence-corrected chi connectivity index (χ1v) is 9.70. The Hall–Kier alpha value is -3.55. The molecule has 0 bridgehead atoms. The third-order valence-corrected chi connectivity index (χ3v) is 4.79. The van der Waals surface area contributed by atoms with Crippen LogP contribution >= 0.6 is 0 Å². The average molecular weight is 410 g/mol. The van der Waals surface area contributed by atoms with Gasteiger partial charge in [-0.05, 0) is 44.5 Å². The van der Waals surface area contributed by atoms with E-state index < -0.39 is 23.0 Å². The van der Waals surface area contributed by atoms with Crippen molar-refractivity contribution in [2.45, 2.75) is 27.3 Å². The molecule has 2 aromatic carbocycles. The Morgan fingerprint density at radius 1 is 1.07 bits per heavy atom. The van der Waals surface area contributed by atoms with E-state index in [1.165, 1.54) is 23.1 Å². The molecule has 1 aromatic heterocycles.